The fourth-order valence-electron chi connectivity index (χ4n) is 3.08. The highest BCUT2D eigenvalue weighted by molar-refractivity contribution is 6.03. The second-order valence-corrected chi connectivity index (χ2v) is 5.78. The molecule has 4 heteroatoms. The van der Waals surface area contributed by atoms with Crippen molar-refractivity contribution >= 4 is 5.78 Å². The maximum absolute atomic E-state index is 14.2. The molecule has 2 atom stereocenters. The van der Waals surface area contributed by atoms with E-state index < -0.39 is 28.6 Å². The summed E-state index contributed by atoms with van der Waals surface area (Å²) in [5, 5.41) is 0. The third kappa shape index (κ3) is 2.49. The van der Waals surface area contributed by atoms with Gasteiger partial charge in [-0.15, -0.1) is 0 Å². The molecule has 1 aliphatic rings. The minimum atomic E-state index is -1.09. The summed E-state index contributed by atoms with van der Waals surface area (Å²) in [4.78, 5) is 12.7. The van der Waals surface area contributed by atoms with Crippen LogP contribution in [0.4, 0.5) is 8.78 Å². The first-order valence-corrected chi connectivity index (χ1v) is 6.96. The number of aryl methyl sites for hydroxylation is 1. The lowest BCUT2D eigenvalue weighted by Crippen LogP contribution is -2.45. The number of ketones is 1. The molecule has 110 valence electrons. The molecule has 0 amide bonds. The summed E-state index contributed by atoms with van der Waals surface area (Å²) in [6.07, 6.45) is 2.86. The van der Waals surface area contributed by atoms with Gasteiger partial charge in [0.25, 0.3) is 0 Å². The second kappa shape index (κ2) is 5.60. The van der Waals surface area contributed by atoms with Crippen molar-refractivity contribution in [3.8, 4) is 0 Å². The summed E-state index contributed by atoms with van der Waals surface area (Å²) in [5.41, 5.74) is -1.28. The van der Waals surface area contributed by atoms with Crippen molar-refractivity contribution in [1.82, 2.24) is 0 Å². The third-order valence-electron chi connectivity index (χ3n) is 4.27. The van der Waals surface area contributed by atoms with E-state index in [1.54, 1.807) is 0 Å². The van der Waals surface area contributed by atoms with Gasteiger partial charge >= 0.3 is 0 Å². The highest BCUT2D eigenvalue weighted by Crippen LogP contribution is 2.38. The molecule has 1 aromatic rings. The monoisotopic (exact) mass is 282 g/mol. The Kier molecular flexibility index (Phi) is 4.23. The van der Waals surface area contributed by atoms with Gasteiger partial charge in [-0.1, -0.05) is 19.4 Å². The molecule has 2 rings (SSSR count). The van der Waals surface area contributed by atoms with Crippen LogP contribution in [0.2, 0.25) is 0 Å². The Labute approximate surface area is 118 Å². The van der Waals surface area contributed by atoms with Gasteiger partial charge < -0.3 is 4.74 Å². The number of hydrogen-bond acceptors (Lipinski definition) is 2. The second-order valence-electron chi connectivity index (χ2n) is 5.78. The number of benzene rings is 1. The molecule has 2 unspecified atom stereocenters. The average molecular weight is 282 g/mol. The van der Waals surface area contributed by atoms with Gasteiger partial charge in [-0.3, -0.25) is 4.79 Å². The van der Waals surface area contributed by atoms with E-state index in [0.29, 0.717) is 18.8 Å². The van der Waals surface area contributed by atoms with Crippen LogP contribution in [0.25, 0.3) is 0 Å². The van der Waals surface area contributed by atoms with Gasteiger partial charge in [0.2, 0.25) is 5.78 Å². The fraction of sp³-hybridized carbons (Fsp3) is 0.562. The van der Waals surface area contributed by atoms with Gasteiger partial charge in [0.05, 0.1) is 5.56 Å². The van der Waals surface area contributed by atoms with E-state index in [1.165, 1.54) is 20.1 Å². The minimum Gasteiger partial charge on any atom is -0.370 e. The number of hydrogen-bond donors (Lipinski definition) is 0. The van der Waals surface area contributed by atoms with Gasteiger partial charge in [-0.05, 0) is 43.7 Å². The van der Waals surface area contributed by atoms with Crippen molar-refractivity contribution in [1.29, 1.82) is 0 Å². The van der Waals surface area contributed by atoms with Crippen LogP contribution in [0.15, 0.2) is 12.1 Å². The van der Waals surface area contributed by atoms with Crippen LogP contribution < -0.4 is 0 Å². The zero-order valence-electron chi connectivity index (χ0n) is 12.1. The predicted octanol–water partition coefficient (Wildman–Crippen LogP) is 4.05. The van der Waals surface area contributed by atoms with Gasteiger partial charge in [-0.2, -0.15) is 0 Å². The standard InChI is InChI=1S/C16H20F2O2/c1-10-5-4-8-16(9-10,20-3)15(19)13-12(17)7-6-11(2)14(13)18/h6-7,10H,4-5,8-9H2,1-3H3. The Hall–Kier alpha value is -1.29. The summed E-state index contributed by atoms with van der Waals surface area (Å²) in [5.74, 6) is -1.84. The Balaban J connectivity index is 2.46. The van der Waals surface area contributed by atoms with Crippen molar-refractivity contribution in [2.45, 2.75) is 45.1 Å². The van der Waals surface area contributed by atoms with E-state index in [4.69, 9.17) is 4.74 Å². The van der Waals surface area contributed by atoms with Crippen LogP contribution in [0, 0.1) is 24.5 Å². The number of methoxy groups -OCH3 is 1. The maximum Gasteiger partial charge on any atom is 0.200 e. The summed E-state index contributed by atoms with van der Waals surface area (Å²) in [6, 6.07) is 2.48. The normalized spacial score (nSPS) is 26.6. The number of Topliss-reactive ketones (excluding diaryl/α,β-unsaturated/α-hetero) is 1. The molecule has 1 fully saturated rings. The number of rotatable bonds is 3. The van der Waals surface area contributed by atoms with Crippen molar-refractivity contribution < 1.29 is 18.3 Å². The van der Waals surface area contributed by atoms with Gasteiger partial charge in [0.15, 0.2) is 0 Å². The molecular weight excluding hydrogens is 262 g/mol. The quantitative estimate of drug-likeness (QED) is 0.782. The number of carbonyl (C=O) groups is 1. The molecule has 0 heterocycles. The topological polar surface area (TPSA) is 26.3 Å². The van der Waals surface area contributed by atoms with Crippen LogP contribution in [0.5, 0.6) is 0 Å². The molecule has 0 N–H and O–H groups in total. The average Bonchev–Trinajstić information content (AvgIpc) is 2.43. The predicted molar refractivity (Wildman–Crippen MR) is 72.8 cm³/mol. The van der Waals surface area contributed by atoms with Crippen LogP contribution in [-0.4, -0.2) is 18.5 Å². The van der Waals surface area contributed by atoms with E-state index in [-0.39, 0.29) is 5.56 Å². The van der Waals surface area contributed by atoms with Crippen molar-refractivity contribution in [3.05, 3.63) is 34.9 Å². The van der Waals surface area contributed by atoms with Crippen LogP contribution in [0.1, 0.15) is 48.5 Å². The van der Waals surface area contributed by atoms with Crippen LogP contribution in [-0.2, 0) is 4.74 Å². The lowest BCUT2D eigenvalue weighted by molar-refractivity contribution is -0.0308. The Bertz CT molecular complexity index is 527. The smallest absolute Gasteiger partial charge is 0.200 e. The van der Waals surface area contributed by atoms with E-state index in [9.17, 15) is 13.6 Å². The maximum atomic E-state index is 14.2. The van der Waals surface area contributed by atoms with Gasteiger partial charge in [-0.25, -0.2) is 8.78 Å². The number of carbonyl (C=O) groups excluding carboxylic acids is 1. The number of ether oxygens (including phenoxy) is 1. The van der Waals surface area contributed by atoms with Crippen molar-refractivity contribution in [2.75, 3.05) is 7.11 Å². The zero-order chi connectivity index (χ0) is 14.9. The molecule has 0 aromatic heterocycles. The first-order chi connectivity index (χ1) is 9.41. The Morgan fingerprint density at radius 1 is 1.40 bits per heavy atom. The first-order valence-electron chi connectivity index (χ1n) is 6.96. The van der Waals surface area contributed by atoms with E-state index in [1.807, 2.05) is 6.92 Å². The highest BCUT2D eigenvalue weighted by Gasteiger charge is 2.44. The molecule has 0 aliphatic heterocycles. The third-order valence-corrected chi connectivity index (χ3v) is 4.27. The Morgan fingerprint density at radius 3 is 2.70 bits per heavy atom. The van der Waals surface area contributed by atoms with Crippen molar-refractivity contribution in [2.24, 2.45) is 5.92 Å². The fourth-order valence-corrected chi connectivity index (χ4v) is 3.08. The SMILES string of the molecule is COC1(C(=O)c2c(F)ccc(C)c2F)CCCC(C)C1. The molecule has 1 aliphatic carbocycles. The van der Waals surface area contributed by atoms with E-state index in [2.05, 4.69) is 0 Å². The van der Waals surface area contributed by atoms with E-state index in [0.717, 1.165) is 18.9 Å². The van der Waals surface area contributed by atoms with E-state index >= 15 is 0 Å². The lowest BCUT2D eigenvalue weighted by atomic mass is 9.74. The highest BCUT2D eigenvalue weighted by atomic mass is 19.1. The van der Waals surface area contributed by atoms with Crippen molar-refractivity contribution in [3.63, 3.8) is 0 Å². The summed E-state index contributed by atoms with van der Waals surface area (Å²) < 4.78 is 33.5. The molecule has 2 nitrogen and oxygen atoms in total. The van der Waals surface area contributed by atoms with Gasteiger partial charge in [0.1, 0.15) is 17.2 Å². The molecule has 0 saturated heterocycles. The number of halogens is 2. The molecule has 0 spiro atoms. The lowest BCUT2D eigenvalue weighted by Gasteiger charge is -2.37. The Morgan fingerprint density at radius 2 is 2.10 bits per heavy atom. The molecule has 1 aromatic carbocycles. The largest absolute Gasteiger partial charge is 0.370 e. The summed E-state index contributed by atoms with van der Waals surface area (Å²) in [7, 11) is 1.45. The van der Waals surface area contributed by atoms with Crippen LogP contribution in [0.3, 0.4) is 0 Å². The van der Waals surface area contributed by atoms with Crippen LogP contribution >= 0.6 is 0 Å². The molecule has 20 heavy (non-hydrogen) atoms. The minimum absolute atomic E-state index is 0.268. The molecular formula is C16H20F2O2. The summed E-state index contributed by atoms with van der Waals surface area (Å²) in [6.45, 7) is 3.55. The molecule has 0 radical (unpaired) electrons. The first kappa shape index (κ1) is 15.1. The molecule has 1 saturated carbocycles. The zero-order valence-corrected chi connectivity index (χ0v) is 12.1. The summed E-state index contributed by atoms with van der Waals surface area (Å²) >= 11 is 0. The van der Waals surface area contributed by atoms with Gasteiger partial charge in [0, 0.05) is 7.11 Å². The molecule has 0 bridgehead atoms.